The maximum absolute atomic E-state index is 11.8. The molecule has 0 aromatic carbocycles. The lowest BCUT2D eigenvalue weighted by Crippen LogP contribution is -2.45. The zero-order chi connectivity index (χ0) is 12.9. The van der Waals surface area contributed by atoms with E-state index in [1.807, 2.05) is 32.5 Å². The fraction of sp³-hybridized carbons (Fsp3) is 0.923. The normalized spacial score (nSPS) is 25.6. The summed E-state index contributed by atoms with van der Waals surface area (Å²) in [5.41, 5.74) is -0.247. The third kappa shape index (κ3) is 5.77. The minimum absolute atomic E-state index is 0.0193. The highest BCUT2D eigenvalue weighted by Gasteiger charge is 2.26. The van der Waals surface area contributed by atoms with Gasteiger partial charge in [-0.1, -0.05) is 12.8 Å². The number of thioether (sulfide) groups is 1. The molecule has 17 heavy (non-hydrogen) atoms. The van der Waals surface area contributed by atoms with Crippen molar-refractivity contribution in [2.45, 2.75) is 63.3 Å². The van der Waals surface area contributed by atoms with E-state index >= 15 is 0 Å². The summed E-state index contributed by atoms with van der Waals surface area (Å²) in [6, 6.07) is 0.329. The van der Waals surface area contributed by atoms with Crippen LogP contribution in [0.2, 0.25) is 0 Å². The Balaban J connectivity index is 2.33. The van der Waals surface area contributed by atoms with Crippen molar-refractivity contribution < 1.29 is 9.53 Å². The average Bonchev–Trinajstić information content (AvgIpc) is 2.26. The van der Waals surface area contributed by atoms with Crippen molar-refractivity contribution in [3.8, 4) is 0 Å². The zero-order valence-corrected chi connectivity index (χ0v) is 12.2. The minimum atomic E-state index is -0.247. The Morgan fingerprint density at radius 3 is 2.59 bits per heavy atom. The van der Waals surface area contributed by atoms with E-state index in [0.29, 0.717) is 11.3 Å². The molecule has 0 aromatic heterocycles. The molecule has 1 amide bonds. The van der Waals surface area contributed by atoms with Gasteiger partial charge in [0.25, 0.3) is 0 Å². The van der Waals surface area contributed by atoms with Crippen molar-refractivity contribution >= 4 is 17.7 Å². The maximum Gasteiger partial charge on any atom is 0.246 e. The molecular weight excluding hydrogens is 234 g/mol. The Morgan fingerprint density at radius 2 is 2.00 bits per heavy atom. The molecule has 3 nitrogen and oxygen atoms in total. The predicted octanol–water partition coefficient (Wildman–Crippen LogP) is 2.59. The Labute approximate surface area is 109 Å². The Hall–Kier alpha value is -0.220. The molecule has 0 aliphatic heterocycles. The van der Waals surface area contributed by atoms with Gasteiger partial charge in [0.15, 0.2) is 0 Å². The van der Waals surface area contributed by atoms with Gasteiger partial charge in [-0.15, -0.1) is 0 Å². The second-order valence-electron chi connectivity index (χ2n) is 5.63. The SMILES string of the molecule is CSC1CCCCC1NC(=O)COC(C)(C)C. The largest absolute Gasteiger partial charge is 0.366 e. The summed E-state index contributed by atoms with van der Waals surface area (Å²) in [5, 5.41) is 3.68. The number of nitrogens with one attached hydrogen (secondary N) is 1. The van der Waals surface area contributed by atoms with Gasteiger partial charge in [-0.3, -0.25) is 4.79 Å². The fourth-order valence-corrected chi connectivity index (χ4v) is 3.01. The molecule has 0 aromatic rings. The molecule has 0 spiro atoms. The van der Waals surface area contributed by atoms with Gasteiger partial charge in [0.05, 0.1) is 5.60 Å². The van der Waals surface area contributed by atoms with Crippen molar-refractivity contribution in [3.05, 3.63) is 0 Å². The van der Waals surface area contributed by atoms with E-state index in [9.17, 15) is 4.79 Å². The first-order valence-electron chi connectivity index (χ1n) is 6.38. The lowest BCUT2D eigenvalue weighted by molar-refractivity contribution is -0.131. The van der Waals surface area contributed by atoms with Gasteiger partial charge in [-0.25, -0.2) is 0 Å². The monoisotopic (exact) mass is 259 g/mol. The molecule has 1 fully saturated rings. The smallest absolute Gasteiger partial charge is 0.246 e. The van der Waals surface area contributed by atoms with Gasteiger partial charge in [-0.05, 0) is 39.9 Å². The second-order valence-corrected chi connectivity index (χ2v) is 6.71. The van der Waals surface area contributed by atoms with E-state index in [0.717, 1.165) is 6.42 Å². The van der Waals surface area contributed by atoms with Gasteiger partial charge >= 0.3 is 0 Å². The minimum Gasteiger partial charge on any atom is -0.366 e. The van der Waals surface area contributed by atoms with Gasteiger partial charge in [-0.2, -0.15) is 11.8 Å². The molecule has 2 atom stereocenters. The molecule has 0 heterocycles. The van der Waals surface area contributed by atoms with Crippen molar-refractivity contribution in [3.63, 3.8) is 0 Å². The number of rotatable bonds is 4. The molecule has 1 saturated carbocycles. The standard InChI is InChI=1S/C13H25NO2S/c1-13(2,3)16-9-12(15)14-10-7-5-6-8-11(10)17-4/h10-11H,5-9H2,1-4H3,(H,14,15). The molecule has 4 heteroatoms. The molecule has 1 N–H and O–H groups in total. The van der Waals surface area contributed by atoms with Gasteiger partial charge in [0.2, 0.25) is 5.91 Å². The molecule has 1 aliphatic rings. The number of carbonyl (C=O) groups is 1. The highest BCUT2D eigenvalue weighted by molar-refractivity contribution is 7.99. The second kappa shape index (κ2) is 6.64. The van der Waals surface area contributed by atoms with Crippen LogP contribution in [0.1, 0.15) is 46.5 Å². The fourth-order valence-electron chi connectivity index (χ4n) is 2.07. The summed E-state index contributed by atoms with van der Waals surface area (Å²) in [7, 11) is 0. The third-order valence-corrected chi connectivity index (χ3v) is 4.16. The molecule has 100 valence electrons. The van der Waals surface area contributed by atoms with Crippen LogP contribution in [0.15, 0.2) is 0 Å². The molecule has 1 aliphatic carbocycles. The number of hydrogen-bond acceptors (Lipinski definition) is 3. The van der Waals surface area contributed by atoms with Crippen LogP contribution in [0.3, 0.4) is 0 Å². The molecule has 0 radical (unpaired) electrons. The summed E-state index contributed by atoms with van der Waals surface area (Å²) in [6.45, 7) is 6.06. The molecule has 1 rings (SSSR count). The van der Waals surface area contributed by atoms with Crippen LogP contribution < -0.4 is 5.32 Å². The summed E-state index contributed by atoms with van der Waals surface area (Å²) >= 11 is 1.86. The summed E-state index contributed by atoms with van der Waals surface area (Å²) < 4.78 is 5.48. The first kappa shape index (κ1) is 14.8. The van der Waals surface area contributed by atoms with E-state index in [4.69, 9.17) is 4.74 Å². The lowest BCUT2D eigenvalue weighted by atomic mass is 9.95. The zero-order valence-electron chi connectivity index (χ0n) is 11.4. The predicted molar refractivity (Wildman–Crippen MR) is 73.4 cm³/mol. The van der Waals surface area contributed by atoms with Crippen molar-refractivity contribution in [2.75, 3.05) is 12.9 Å². The van der Waals surface area contributed by atoms with E-state index in [2.05, 4.69) is 11.6 Å². The van der Waals surface area contributed by atoms with Crippen molar-refractivity contribution in [2.24, 2.45) is 0 Å². The first-order valence-corrected chi connectivity index (χ1v) is 7.67. The molecule has 0 saturated heterocycles. The Bertz CT molecular complexity index is 250. The van der Waals surface area contributed by atoms with Gasteiger partial charge in [0.1, 0.15) is 6.61 Å². The number of amides is 1. The number of carbonyl (C=O) groups excluding carboxylic acids is 1. The highest BCUT2D eigenvalue weighted by Crippen LogP contribution is 2.27. The molecule has 0 bridgehead atoms. The van der Waals surface area contributed by atoms with E-state index in [1.165, 1.54) is 19.3 Å². The van der Waals surface area contributed by atoms with Crippen LogP contribution in [0, 0.1) is 0 Å². The maximum atomic E-state index is 11.8. The third-order valence-electron chi connectivity index (χ3n) is 2.99. The summed E-state index contributed by atoms with van der Waals surface area (Å²) in [4.78, 5) is 11.8. The van der Waals surface area contributed by atoms with Crippen LogP contribution in [-0.4, -0.2) is 35.7 Å². The Morgan fingerprint density at radius 1 is 1.35 bits per heavy atom. The topological polar surface area (TPSA) is 38.3 Å². The first-order chi connectivity index (χ1) is 7.92. The van der Waals surface area contributed by atoms with Crippen molar-refractivity contribution in [1.82, 2.24) is 5.32 Å². The molecule has 2 unspecified atom stereocenters. The van der Waals surface area contributed by atoms with Crippen LogP contribution in [0.4, 0.5) is 0 Å². The van der Waals surface area contributed by atoms with Crippen LogP contribution >= 0.6 is 11.8 Å². The highest BCUT2D eigenvalue weighted by atomic mass is 32.2. The van der Waals surface area contributed by atoms with Crippen LogP contribution in [-0.2, 0) is 9.53 Å². The van der Waals surface area contributed by atoms with Crippen LogP contribution in [0.5, 0.6) is 0 Å². The average molecular weight is 259 g/mol. The van der Waals surface area contributed by atoms with E-state index < -0.39 is 0 Å². The summed E-state index contributed by atoms with van der Waals surface area (Å²) in [6.07, 6.45) is 6.96. The van der Waals surface area contributed by atoms with Gasteiger partial charge in [0, 0.05) is 11.3 Å². The van der Waals surface area contributed by atoms with Crippen molar-refractivity contribution in [1.29, 1.82) is 0 Å². The van der Waals surface area contributed by atoms with E-state index in [-0.39, 0.29) is 18.1 Å². The lowest BCUT2D eigenvalue weighted by Gasteiger charge is -2.31. The number of ether oxygens (including phenoxy) is 1. The summed E-state index contributed by atoms with van der Waals surface area (Å²) in [5.74, 6) is 0.0193. The number of hydrogen-bond donors (Lipinski definition) is 1. The van der Waals surface area contributed by atoms with E-state index in [1.54, 1.807) is 0 Å². The van der Waals surface area contributed by atoms with Crippen LogP contribution in [0.25, 0.3) is 0 Å². The quantitative estimate of drug-likeness (QED) is 0.843. The Kier molecular flexibility index (Phi) is 5.80. The molecular formula is C13H25NO2S. The van der Waals surface area contributed by atoms with Gasteiger partial charge < -0.3 is 10.1 Å².